The van der Waals surface area contributed by atoms with E-state index in [2.05, 4.69) is 68.2 Å². The molecule has 1 radical (unpaired) electrons. The van der Waals surface area contributed by atoms with Crippen molar-refractivity contribution in [2.75, 3.05) is 0 Å². The Hall–Kier alpha value is -4.51. The van der Waals surface area contributed by atoms with Gasteiger partial charge in [0.1, 0.15) is 11.5 Å². The molecule has 44 heavy (non-hydrogen) atoms. The Balaban J connectivity index is 0.000000222. The quantitative estimate of drug-likeness (QED) is 0.141. The number of rotatable bonds is 3. The molecule has 0 spiro atoms. The van der Waals surface area contributed by atoms with Crippen LogP contribution < -0.4 is 25.9 Å². The van der Waals surface area contributed by atoms with E-state index in [-0.39, 0.29) is 26.8 Å². The van der Waals surface area contributed by atoms with Crippen LogP contribution in [0.25, 0.3) is 22.5 Å². The Morgan fingerprint density at radius 1 is 0.727 bits per heavy atom. The SMILES string of the molecule is Cc1cnc(-c2[c-]cc3c4c2Oc2ccccc2B4c2ccccc2O3)cc1C(C)C.[Ir].[c-]1ccccc1-c1ccccn1. The van der Waals surface area contributed by atoms with Crippen molar-refractivity contribution in [1.82, 2.24) is 9.97 Å². The van der Waals surface area contributed by atoms with Crippen LogP contribution >= 0.6 is 0 Å². The van der Waals surface area contributed by atoms with Gasteiger partial charge in [-0.15, -0.1) is 48.0 Å². The van der Waals surface area contributed by atoms with E-state index < -0.39 is 0 Å². The van der Waals surface area contributed by atoms with Gasteiger partial charge in [0.2, 0.25) is 6.71 Å². The Labute approximate surface area is 272 Å². The van der Waals surface area contributed by atoms with E-state index in [4.69, 9.17) is 14.5 Å². The maximum atomic E-state index is 6.50. The van der Waals surface area contributed by atoms with Gasteiger partial charge >= 0.3 is 0 Å². The second-order valence-corrected chi connectivity index (χ2v) is 11.1. The Morgan fingerprint density at radius 3 is 2.11 bits per heavy atom. The Kier molecular flexibility index (Phi) is 8.48. The van der Waals surface area contributed by atoms with Crippen LogP contribution in [0.5, 0.6) is 23.0 Å². The number of hydrogen-bond acceptors (Lipinski definition) is 4. The standard InChI is InChI=1S/C27H21BNO2.C11H8N.Ir/c1-16(2)19-14-22(29-15-17(19)3)18-12-13-25-26-27(18)31-24-11-7-5-9-21(24)28(26)20-8-4-6-10-23(20)30-25;1-2-6-10(7-3-1)11-8-4-5-9-12-11;/h4-11,13-16H,1-3H3;1-6,8-9H;/q2*-1;. The van der Waals surface area contributed by atoms with Gasteiger partial charge in [-0.1, -0.05) is 79.5 Å². The number of aromatic nitrogens is 2. The van der Waals surface area contributed by atoms with Gasteiger partial charge in [0.15, 0.2) is 0 Å². The minimum Gasteiger partial charge on any atom is -0.503 e. The van der Waals surface area contributed by atoms with Gasteiger partial charge in [0.25, 0.3) is 0 Å². The summed E-state index contributed by atoms with van der Waals surface area (Å²) in [6.45, 7) is 6.59. The number of fused-ring (bicyclic) bond motifs is 4. The maximum Gasteiger partial charge on any atom is 0.239 e. The zero-order chi connectivity index (χ0) is 29.3. The van der Waals surface area contributed by atoms with Gasteiger partial charge in [-0.05, 0) is 64.5 Å². The topological polar surface area (TPSA) is 44.2 Å². The summed E-state index contributed by atoms with van der Waals surface area (Å²) in [7, 11) is 0. The second-order valence-electron chi connectivity index (χ2n) is 11.1. The summed E-state index contributed by atoms with van der Waals surface area (Å²) >= 11 is 0. The molecule has 0 saturated carbocycles. The van der Waals surface area contributed by atoms with E-state index in [0.29, 0.717) is 5.92 Å². The van der Waals surface area contributed by atoms with Gasteiger partial charge in [-0.25, -0.2) is 0 Å². The molecule has 0 N–H and O–H groups in total. The van der Waals surface area contributed by atoms with Crippen LogP contribution in [0.15, 0.2) is 116 Å². The molecule has 2 aromatic heterocycles. The molecule has 0 atom stereocenters. The molecule has 0 saturated heterocycles. The van der Waals surface area contributed by atoms with Crippen molar-refractivity contribution in [3.05, 3.63) is 139 Å². The predicted octanol–water partition coefficient (Wildman–Crippen LogP) is 7.25. The van der Waals surface area contributed by atoms with Crippen molar-refractivity contribution in [3.8, 4) is 45.5 Å². The van der Waals surface area contributed by atoms with Gasteiger partial charge in [0, 0.05) is 44.0 Å². The zero-order valence-corrected chi connectivity index (χ0v) is 27.1. The van der Waals surface area contributed by atoms with Gasteiger partial charge < -0.3 is 19.4 Å². The van der Waals surface area contributed by atoms with Crippen molar-refractivity contribution in [3.63, 3.8) is 0 Å². The summed E-state index contributed by atoms with van der Waals surface area (Å²) in [4.78, 5) is 8.96. The monoisotopic (exact) mass is 749 g/mol. The number of benzene rings is 4. The first-order valence-electron chi connectivity index (χ1n) is 14.6. The van der Waals surface area contributed by atoms with Gasteiger partial charge in [-0.3, -0.25) is 0 Å². The molecular weight excluding hydrogens is 719 g/mol. The first kappa shape index (κ1) is 29.6. The number of pyridine rings is 2. The fraction of sp³-hybridized carbons (Fsp3) is 0.105. The number of hydrogen-bond donors (Lipinski definition) is 0. The summed E-state index contributed by atoms with van der Waals surface area (Å²) in [5.41, 5.74) is 9.63. The smallest absolute Gasteiger partial charge is 0.239 e. The van der Waals surface area contributed by atoms with Crippen LogP contribution in [0, 0.1) is 19.1 Å². The van der Waals surface area contributed by atoms with Gasteiger partial charge in [-0.2, -0.15) is 0 Å². The molecule has 8 rings (SSSR count). The molecule has 4 nitrogen and oxygen atoms in total. The summed E-state index contributed by atoms with van der Waals surface area (Å²) in [6.07, 6.45) is 3.74. The average Bonchev–Trinajstić information content (AvgIpc) is 3.06. The van der Waals surface area contributed by atoms with Crippen molar-refractivity contribution in [2.45, 2.75) is 26.7 Å². The van der Waals surface area contributed by atoms with E-state index in [1.807, 2.05) is 79.0 Å². The number of ether oxygens (including phenoxy) is 2. The molecule has 2 aliphatic rings. The van der Waals surface area contributed by atoms with Crippen LogP contribution in [-0.2, 0) is 20.1 Å². The molecule has 6 heteroatoms. The van der Waals surface area contributed by atoms with Crippen molar-refractivity contribution >= 4 is 23.1 Å². The molecule has 4 aromatic carbocycles. The largest absolute Gasteiger partial charge is 0.503 e. The number of nitrogens with zero attached hydrogens (tertiary/aromatic N) is 2. The van der Waals surface area contributed by atoms with Crippen LogP contribution in [0.3, 0.4) is 0 Å². The Morgan fingerprint density at radius 2 is 1.43 bits per heavy atom. The normalized spacial score (nSPS) is 11.9. The first-order valence-corrected chi connectivity index (χ1v) is 14.6. The second kappa shape index (κ2) is 12.6. The van der Waals surface area contributed by atoms with Gasteiger partial charge in [0.05, 0.1) is 0 Å². The molecule has 6 aromatic rings. The van der Waals surface area contributed by atoms with Crippen molar-refractivity contribution in [2.24, 2.45) is 0 Å². The number of para-hydroxylation sites is 2. The third kappa shape index (κ3) is 5.48. The summed E-state index contributed by atoms with van der Waals surface area (Å²) in [5, 5.41) is 0. The fourth-order valence-electron chi connectivity index (χ4n) is 5.89. The molecule has 0 bridgehead atoms. The number of aryl methyl sites for hydroxylation is 1. The minimum absolute atomic E-state index is 0. The third-order valence-corrected chi connectivity index (χ3v) is 7.94. The average molecular weight is 749 g/mol. The van der Waals surface area contributed by atoms with E-state index in [1.54, 1.807) is 6.20 Å². The van der Waals surface area contributed by atoms with Crippen molar-refractivity contribution < 1.29 is 29.6 Å². The fourth-order valence-corrected chi connectivity index (χ4v) is 5.89. The summed E-state index contributed by atoms with van der Waals surface area (Å²) < 4.78 is 12.8. The summed E-state index contributed by atoms with van der Waals surface area (Å²) in [6, 6.07) is 40.9. The Bertz CT molecular complexity index is 1880. The van der Waals surface area contributed by atoms with E-state index in [1.165, 1.54) is 11.1 Å². The molecular formula is C38H29BIrN2O2-2. The van der Waals surface area contributed by atoms with E-state index in [0.717, 1.165) is 61.9 Å². The summed E-state index contributed by atoms with van der Waals surface area (Å²) in [5.74, 6) is 3.77. The van der Waals surface area contributed by atoms with E-state index in [9.17, 15) is 0 Å². The first-order chi connectivity index (χ1) is 21.1. The predicted molar refractivity (Wildman–Crippen MR) is 174 cm³/mol. The molecule has 217 valence electrons. The minimum atomic E-state index is 0. The van der Waals surface area contributed by atoms with Crippen LogP contribution in [-0.4, -0.2) is 16.7 Å². The molecule has 0 aliphatic carbocycles. The van der Waals surface area contributed by atoms with Crippen LogP contribution in [0.1, 0.15) is 30.9 Å². The van der Waals surface area contributed by atoms with Crippen LogP contribution in [0.4, 0.5) is 0 Å². The van der Waals surface area contributed by atoms with Crippen LogP contribution in [0.2, 0.25) is 0 Å². The molecule has 4 heterocycles. The van der Waals surface area contributed by atoms with Crippen molar-refractivity contribution in [1.29, 1.82) is 0 Å². The molecule has 0 fully saturated rings. The van der Waals surface area contributed by atoms with E-state index >= 15 is 0 Å². The third-order valence-electron chi connectivity index (χ3n) is 7.94. The molecule has 2 aliphatic heterocycles. The maximum absolute atomic E-state index is 6.50. The zero-order valence-electron chi connectivity index (χ0n) is 24.7. The molecule has 0 amide bonds. The molecule has 0 unspecified atom stereocenters.